The average molecular weight is 266 g/mol. The molecule has 0 aliphatic carbocycles. The molecule has 0 aliphatic rings. The molecule has 2 aromatic carbocycles. The van der Waals surface area contributed by atoms with E-state index in [-0.39, 0.29) is 11.7 Å². The third-order valence-electron chi connectivity index (χ3n) is 2.54. The van der Waals surface area contributed by atoms with Gasteiger partial charge < -0.3 is 5.11 Å². The fourth-order valence-corrected chi connectivity index (χ4v) is 1.53. The molecule has 1 amide bonds. The maximum absolute atomic E-state index is 11.7. The van der Waals surface area contributed by atoms with Crippen molar-refractivity contribution < 1.29 is 9.90 Å². The summed E-state index contributed by atoms with van der Waals surface area (Å²) in [5, 5.41) is 12.9. The summed E-state index contributed by atoms with van der Waals surface area (Å²) in [6, 6.07) is 15.7. The van der Waals surface area contributed by atoms with Gasteiger partial charge in [0.25, 0.3) is 5.91 Å². The lowest BCUT2D eigenvalue weighted by atomic mass is 10.2. The summed E-state index contributed by atoms with van der Waals surface area (Å²) in [4.78, 5) is 11.7. The van der Waals surface area contributed by atoms with Crippen molar-refractivity contribution in [3.05, 3.63) is 71.8 Å². The van der Waals surface area contributed by atoms with Gasteiger partial charge in [0.05, 0.1) is 0 Å². The zero-order valence-electron chi connectivity index (χ0n) is 10.7. The SMILES string of the molecule is O=C(N/N=C/C=C/c1ccccc1)c1ccc(O)cc1. The molecule has 2 N–H and O–H groups in total. The van der Waals surface area contributed by atoms with Crippen LogP contribution in [0.2, 0.25) is 0 Å². The van der Waals surface area contributed by atoms with E-state index in [0.29, 0.717) is 5.56 Å². The smallest absolute Gasteiger partial charge is 0.271 e. The second-order valence-corrected chi connectivity index (χ2v) is 4.04. The van der Waals surface area contributed by atoms with Crippen LogP contribution in [0.1, 0.15) is 15.9 Å². The lowest BCUT2D eigenvalue weighted by Gasteiger charge is -1.98. The molecule has 2 aromatic rings. The number of allylic oxidation sites excluding steroid dienone is 1. The Morgan fingerprint density at radius 2 is 1.75 bits per heavy atom. The first-order chi connectivity index (χ1) is 9.75. The molecule has 0 aromatic heterocycles. The molecular weight excluding hydrogens is 252 g/mol. The van der Waals surface area contributed by atoms with Crippen molar-refractivity contribution in [3.8, 4) is 5.75 Å². The maximum atomic E-state index is 11.7. The van der Waals surface area contributed by atoms with Gasteiger partial charge in [0.1, 0.15) is 5.75 Å². The Bertz CT molecular complexity index is 617. The monoisotopic (exact) mass is 266 g/mol. The summed E-state index contributed by atoms with van der Waals surface area (Å²) < 4.78 is 0. The van der Waals surface area contributed by atoms with E-state index >= 15 is 0 Å². The highest BCUT2D eigenvalue weighted by Crippen LogP contribution is 2.09. The second kappa shape index (κ2) is 6.89. The number of carbonyl (C=O) groups is 1. The number of rotatable bonds is 4. The van der Waals surface area contributed by atoms with Gasteiger partial charge in [-0.2, -0.15) is 5.10 Å². The summed E-state index contributed by atoms with van der Waals surface area (Å²) in [5.41, 5.74) is 3.90. The first-order valence-electron chi connectivity index (χ1n) is 6.10. The molecule has 0 heterocycles. The molecule has 0 saturated heterocycles. The van der Waals surface area contributed by atoms with Crippen LogP contribution in [0.25, 0.3) is 6.08 Å². The average Bonchev–Trinajstić information content (AvgIpc) is 2.48. The Balaban J connectivity index is 1.86. The number of carbonyl (C=O) groups excluding carboxylic acids is 1. The number of phenolic OH excluding ortho intramolecular Hbond substituents is 1. The molecule has 4 nitrogen and oxygen atoms in total. The van der Waals surface area contributed by atoms with Crippen LogP contribution in [0.15, 0.2) is 65.8 Å². The summed E-state index contributed by atoms with van der Waals surface area (Å²) in [6.07, 6.45) is 5.13. The number of hydrogen-bond donors (Lipinski definition) is 2. The maximum Gasteiger partial charge on any atom is 0.271 e. The summed E-state index contributed by atoms with van der Waals surface area (Å²) >= 11 is 0. The molecule has 0 bridgehead atoms. The molecule has 0 atom stereocenters. The number of amides is 1. The van der Waals surface area contributed by atoms with Crippen molar-refractivity contribution in [2.75, 3.05) is 0 Å². The van der Waals surface area contributed by atoms with E-state index in [2.05, 4.69) is 10.5 Å². The van der Waals surface area contributed by atoms with Crippen LogP contribution in [0, 0.1) is 0 Å². The standard InChI is InChI=1S/C16H14N2O2/c19-15-10-8-14(9-11-15)16(20)18-17-12-4-7-13-5-2-1-3-6-13/h1-12,19H,(H,18,20)/b7-4+,17-12+. The third-order valence-corrected chi connectivity index (χ3v) is 2.54. The predicted octanol–water partition coefficient (Wildman–Crippen LogP) is 2.82. The number of nitrogens with zero attached hydrogens (tertiary/aromatic N) is 1. The molecule has 100 valence electrons. The molecule has 0 unspecified atom stereocenters. The van der Waals surface area contributed by atoms with Crippen LogP contribution >= 0.6 is 0 Å². The summed E-state index contributed by atoms with van der Waals surface area (Å²) in [7, 11) is 0. The Kier molecular flexibility index (Phi) is 4.67. The highest BCUT2D eigenvalue weighted by molar-refractivity contribution is 5.94. The van der Waals surface area contributed by atoms with Crippen LogP contribution in [-0.2, 0) is 0 Å². The zero-order valence-corrected chi connectivity index (χ0v) is 10.7. The fourth-order valence-electron chi connectivity index (χ4n) is 1.53. The Labute approximate surface area is 117 Å². The van der Waals surface area contributed by atoms with Gasteiger partial charge >= 0.3 is 0 Å². The van der Waals surface area contributed by atoms with Crippen molar-refractivity contribution in [1.29, 1.82) is 0 Å². The van der Waals surface area contributed by atoms with Gasteiger partial charge in [0.15, 0.2) is 0 Å². The lowest BCUT2D eigenvalue weighted by molar-refractivity contribution is 0.0955. The largest absolute Gasteiger partial charge is 0.508 e. The highest BCUT2D eigenvalue weighted by Gasteiger charge is 2.02. The van der Waals surface area contributed by atoms with Crippen molar-refractivity contribution in [1.82, 2.24) is 5.43 Å². The Morgan fingerprint density at radius 1 is 1.05 bits per heavy atom. The number of benzene rings is 2. The van der Waals surface area contributed by atoms with Crippen LogP contribution in [-0.4, -0.2) is 17.2 Å². The van der Waals surface area contributed by atoms with E-state index in [1.165, 1.54) is 30.5 Å². The number of aromatic hydroxyl groups is 1. The van der Waals surface area contributed by atoms with E-state index in [1.54, 1.807) is 6.08 Å². The second-order valence-electron chi connectivity index (χ2n) is 4.04. The molecular formula is C16H14N2O2. The molecule has 0 aliphatic heterocycles. The number of hydrogen-bond acceptors (Lipinski definition) is 3. The zero-order chi connectivity index (χ0) is 14.2. The first kappa shape index (κ1) is 13.5. The normalized spacial score (nSPS) is 11.0. The van der Waals surface area contributed by atoms with Gasteiger partial charge in [-0.1, -0.05) is 36.4 Å². The molecule has 0 spiro atoms. The van der Waals surface area contributed by atoms with Gasteiger partial charge in [-0.05, 0) is 35.9 Å². The van der Waals surface area contributed by atoms with E-state index in [9.17, 15) is 4.79 Å². The van der Waals surface area contributed by atoms with Crippen LogP contribution in [0.4, 0.5) is 0 Å². The number of phenols is 1. The molecule has 0 radical (unpaired) electrons. The fraction of sp³-hybridized carbons (Fsp3) is 0. The van der Waals surface area contributed by atoms with Crippen LogP contribution in [0.3, 0.4) is 0 Å². The first-order valence-corrected chi connectivity index (χ1v) is 6.10. The number of nitrogens with one attached hydrogen (secondary N) is 1. The Hall–Kier alpha value is -2.88. The van der Waals surface area contributed by atoms with E-state index in [1.807, 2.05) is 36.4 Å². The van der Waals surface area contributed by atoms with Crippen LogP contribution in [0.5, 0.6) is 5.75 Å². The lowest BCUT2D eigenvalue weighted by Crippen LogP contribution is -2.16. The van der Waals surface area contributed by atoms with Gasteiger partial charge in [0.2, 0.25) is 0 Å². The van der Waals surface area contributed by atoms with Gasteiger partial charge in [-0.3, -0.25) is 4.79 Å². The van der Waals surface area contributed by atoms with Crippen molar-refractivity contribution in [2.24, 2.45) is 5.10 Å². The topological polar surface area (TPSA) is 61.7 Å². The minimum atomic E-state index is -0.325. The van der Waals surface area contributed by atoms with Gasteiger partial charge in [-0.15, -0.1) is 0 Å². The van der Waals surface area contributed by atoms with E-state index in [4.69, 9.17) is 5.11 Å². The molecule has 2 rings (SSSR count). The number of hydrazone groups is 1. The summed E-state index contributed by atoms with van der Waals surface area (Å²) in [5.74, 6) is -0.204. The minimum Gasteiger partial charge on any atom is -0.508 e. The van der Waals surface area contributed by atoms with E-state index < -0.39 is 0 Å². The van der Waals surface area contributed by atoms with Crippen LogP contribution < -0.4 is 5.43 Å². The van der Waals surface area contributed by atoms with Crippen molar-refractivity contribution in [3.63, 3.8) is 0 Å². The molecule has 0 saturated carbocycles. The third kappa shape index (κ3) is 4.10. The summed E-state index contributed by atoms with van der Waals surface area (Å²) in [6.45, 7) is 0. The van der Waals surface area contributed by atoms with Gasteiger partial charge in [-0.25, -0.2) is 5.43 Å². The molecule has 4 heteroatoms. The van der Waals surface area contributed by atoms with E-state index in [0.717, 1.165) is 5.56 Å². The van der Waals surface area contributed by atoms with Gasteiger partial charge in [0, 0.05) is 11.8 Å². The predicted molar refractivity (Wildman–Crippen MR) is 79.5 cm³/mol. The van der Waals surface area contributed by atoms with Crippen molar-refractivity contribution >= 4 is 18.2 Å². The Morgan fingerprint density at radius 3 is 2.45 bits per heavy atom. The highest BCUT2D eigenvalue weighted by atomic mass is 16.3. The molecule has 0 fully saturated rings. The van der Waals surface area contributed by atoms with Crippen molar-refractivity contribution in [2.45, 2.75) is 0 Å². The molecule has 20 heavy (non-hydrogen) atoms. The minimum absolute atomic E-state index is 0.121. The quantitative estimate of drug-likeness (QED) is 0.660.